The summed E-state index contributed by atoms with van der Waals surface area (Å²) in [7, 11) is -9.93. The number of unbranched alkanes of at least 4 members (excludes halogenated alkanes) is 50. The molecule has 0 aromatic rings. The fourth-order valence-corrected chi connectivity index (χ4v) is 15.4. The first-order chi connectivity index (χ1) is 52.2. The summed E-state index contributed by atoms with van der Waals surface area (Å²) >= 11 is 0. The summed E-state index contributed by atoms with van der Waals surface area (Å²) in [5.41, 5.74) is 0. The minimum atomic E-state index is -4.97. The largest absolute Gasteiger partial charge is 0.472 e. The van der Waals surface area contributed by atoms with Crippen molar-refractivity contribution in [2.75, 3.05) is 39.6 Å². The van der Waals surface area contributed by atoms with E-state index in [2.05, 4.69) is 55.4 Å². The summed E-state index contributed by atoms with van der Waals surface area (Å²) in [6, 6.07) is 0. The Morgan fingerprint density at radius 3 is 0.657 bits per heavy atom. The van der Waals surface area contributed by atoms with E-state index in [0.717, 1.165) is 114 Å². The molecule has 4 unspecified atom stereocenters. The number of phosphoric acid groups is 2. The molecule has 0 radical (unpaired) electrons. The molecule has 3 N–H and O–H groups in total. The monoisotopic (exact) mass is 1580 g/mol. The molecule has 17 nitrogen and oxygen atoms in total. The maximum absolute atomic E-state index is 13.2. The van der Waals surface area contributed by atoms with Gasteiger partial charge in [-0.15, -0.1) is 0 Å². The Morgan fingerprint density at radius 2 is 0.444 bits per heavy atom. The van der Waals surface area contributed by atoms with Gasteiger partial charge in [0.25, 0.3) is 0 Å². The zero-order valence-electron chi connectivity index (χ0n) is 71.5. The van der Waals surface area contributed by atoms with Crippen LogP contribution in [0.5, 0.6) is 0 Å². The average Bonchev–Trinajstić information content (AvgIpc) is 0.897. The van der Waals surface area contributed by atoms with Crippen molar-refractivity contribution in [3.63, 3.8) is 0 Å². The Morgan fingerprint density at radius 1 is 0.259 bits per heavy atom. The number of phosphoric ester groups is 2. The molecule has 0 aromatic carbocycles. The van der Waals surface area contributed by atoms with Gasteiger partial charge in [0.05, 0.1) is 26.4 Å². The zero-order chi connectivity index (χ0) is 79.5. The number of esters is 4. The lowest BCUT2D eigenvalue weighted by Gasteiger charge is -2.21. The van der Waals surface area contributed by atoms with Crippen molar-refractivity contribution in [2.45, 2.75) is 485 Å². The Balaban J connectivity index is 5.22. The second kappa shape index (κ2) is 77.6. The quantitative estimate of drug-likeness (QED) is 0.0222. The van der Waals surface area contributed by atoms with E-state index >= 15 is 0 Å². The van der Waals surface area contributed by atoms with E-state index in [4.69, 9.17) is 37.0 Å². The van der Waals surface area contributed by atoms with Crippen LogP contribution >= 0.6 is 15.6 Å². The van der Waals surface area contributed by atoms with Gasteiger partial charge < -0.3 is 33.8 Å². The molecule has 0 fully saturated rings. The van der Waals surface area contributed by atoms with Crippen molar-refractivity contribution in [3.8, 4) is 0 Å². The van der Waals surface area contributed by atoms with Gasteiger partial charge in [-0.05, 0) is 49.4 Å². The molecule has 7 atom stereocenters. The van der Waals surface area contributed by atoms with E-state index in [1.54, 1.807) is 0 Å². The first-order valence-corrected chi connectivity index (χ1v) is 48.8. The minimum absolute atomic E-state index is 0.105. The van der Waals surface area contributed by atoms with E-state index in [0.29, 0.717) is 25.7 Å². The smallest absolute Gasteiger partial charge is 0.462 e. The van der Waals surface area contributed by atoms with Crippen LogP contribution in [-0.2, 0) is 65.4 Å². The number of hydrogen-bond acceptors (Lipinski definition) is 15. The predicted molar refractivity (Wildman–Crippen MR) is 446 cm³/mol. The number of ether oxygens (including phenoxy) is 4. The van der Waals surface area contributed by atoms with Crippen LogP contribution in [0, 0.1) is 23.7 Å². The van der Waals surface area contributed by atoms with Crippen LogP contribution in [0.4, 0.5) is 0 Å². The summed E-state index contributed by atoms with van der Waals surface area (Å²) in [5, 5.41) is 10.7. The van der Waals surface area contributed by atoms with E-state index in [-0.39, 0.29) is 25.7 Å². The molecule has 0 spiro atoms. The van der Waals surface area contributed by atoms with Crippen LogP contribution in [0.3, 0.4) is 0 Å². The van der Waals surface area contributed by atoms with Crippen LogP contribution in [0.15, 0.2) is 0 Å². The lowest BCUT2D eigenvalue weighted by molar-refractivity contribution is -0.161. The highest BCUT2D eigenvalue weighted by atomic mass is 31.2. The molecule has 0 rings (SSSR count). The Bertz CT molecular complexity index is 2100. The summed E-state index contributed by atoms with van der Waals surface area (Å²) < 4.78 is 68.9. The zero-order valence-corrected chi connectivity index (χ0v) is 73.3. The van der Waals surface area contributed by atoms with Crippen molar-refractivity contribution in [2.24, 2.45) is 23.7 Å². The van der Waals surface area contributed by atoms with Crippen LogP contribution in [0.25, 0.3) is 0 Å². The first-order valence-electron chi connectivity index (χ1n) is 45.8. The lowest BCUT2D eigenvalue weighted by atomic mass is 9.99. The molecule has 0 saturated carbocycles. The first kappa shape index (κ1) is 106. The second-order valence-corrected chi connectivity index (χ2v) is 36.3. The van der Waals surface area contributed by atoms with Crippen LogP contribution in [0.2, 0.25) is 0 Å². The summed E-state index contributed by atoms with van der Waals surface area (Å²) in [5.74, 6) is 1.12. The number of rotatable bonds is 86. The van der Waals surface area contributed by atoms with E-state index in [9.17, 15) is 43.2 Å². The number of aliphatic hydroxyl groups excluding tert-OH is 1. The highest BCUT2D eigenvalue weighted by molar-refractivity contribution is 7.47. The van der Waals surface area contributed by atoms with E-state index in [1.165, 1.54) is 270 Å². The minimum Gasteiger partial charge on any atom is -0.462 e. The van der Waals surface area contributed by atoms with Crippen LogP contribution in [-0.4, -0.2) is 96.7 Å². The molecular weight excluding hydrogens is 1400 g/mol. The van der Waals surface area contributed by atoms with Gasteiger partial charge in [0.2, 0.25) is 0 Å². The summed E-state index contributed by atoms with van der Waals surface area (Å²) in [6.07, 6.45) is 68.1. The van der Waals surface area contributed by atoms with Crippen molar-refractivity contribution in [3.05, 3.63) is 0 Å². The molecular formula is C89H174O17P2. The van der Waals surface area contributed by atoms with Crippen molar-refractivity contribution < 1.29 is 80.2 Å². The van der Waals surface area contributed by atoms with Crippen LogP contribution < -0.4 is 0 Å². The topological polar surface area (TPSA) is 237 Å². The van der Waals surface area contributed by atoms with Crippen molar-refractivity contribution >= 4 is 39.5 Å². The highest BCUT2D eigenvalue weighted by Gasteiger charge is 2.31. The molecule has 0 aromatic heterocycles. The third kappa shape index (κ3) is 79.3. The Kier molecular flexibility index (Phi) is 76.2. The van der Waals surface area contributed by atoms with Gasteiger partial charge in [0, 0.05) is 25.7 Å². The Hall–Kier alpha value is -1.94. The highest BCUT2D eigenvalue weighted by Crippen LogP contribution is 2.45. The van der Waals surface area contributed by atoms with Gasteiger partial charge in [-0.3, -0.25) is 37.3 Å². The normalized spacial score (nSPS) is 14.4. The SMILES string of the molecule is CCC(C)CCCCCCCCCCCCCCCCCCCCC(=O)OC[C@H](COP(=O)(O)OC[C@@H](O)COP(=O)(O)OC[C@@H](COC(=O)CCCCCCCCCCCC(C)C)OC(=O)CCCCCCCCCCCC(C)C)OC(=O)CCCCCCCCCCCCCCCCCCCCC(C)CC. The van der Waals surface area contributed by atoms with Gasteiger partial charge in [-0.2, -0.15) is 0 Å². The fourth-order valence-electron chi connectivity index (χ4n) is 13.8. The van der Waals surface area contributed by atoms with Crippen molar-refractivity contribution in [1.29, 1.82) is 0 Å². The van der Waals surface area contributed by atoms with Gasteiger partial charge in [-0.25, -0.2) is 9.13 Å². The van der Waals surface area contributed by atoms with Gasteiger partial charge in [0.15, 0.2) is 12.2 Å². The molecule has 0 bridgehead atoms. The van der Waals surface area contributed by atoms with Crippen LogP contribution in [0.1, 0.15) is 466 Å². The van der Waals surface area contributed by atoms with Gasteiger partial charge in [0.1, 0.15) is 19.3 Å². The number of carbonyl (C=O) groups is 4. The molecule has 19 heteroatoms. The molecule has 0 aliphatic rings. The van der Waals surface area contributed by atoms with Gasteiger partial charge in [-0.1, -0.05) is 415 Å². The molecule has 0 heterocycles. The third-order valence-corrected chi connectivity index (χ3v) is 23.4. The lowest BCUT2D eigenvalue weighted by Crippen LogP contribution is -2.30. The second-order valence-electron chi connectivity index (χ2n) is 33.4. The van der Waals surface area contributed by atoms with Gasteiger partial charge >= 0.3 is 39.5 Å². The number of carbonyl (C=O) groups excluding carboxylic acids is 4. The molecule has 0 saturated heterocycles. The molecule has 108 heavy (non-hydrogen) atoms. The third-order valence-electron chi connectivity index (χ3n) is 21.5. The summed E-state index contributed by atoms with van der Waals surface area (Å²) in [6.45, 7) is 14.4. The van der Waals surface area contributed by atoms with E-state index in [1.807, 2.05) is 0 Å². The molecule has 0 aliphatic heterocycles. The Labute approximate surface area is 664 Å². The fraction of sp³-hybridized carbons (Fsp3) is 0.955. The van der Waals surface area contributed by atoms with E-state index < -0.39 is 97.5 Å². The summed E-state index contributed by atoms with van der Waals surface area (Å²) in [4.78, 5) is 73.3. The average molecular weight is 1580 g/mol. The molecule has 0 amide bonds. The maximum atomic E-state index is 13.2. The standard InChI is InChI=1S/C89H174O17P2/c1-9-81(7)67-59-51-43-35-27-23-19-15-11-13-17-21-25-29-37-45-53-61-69-86(91)99-75-84(105-88(93)71-63-55-47-38-30-26-22-18-14-12-16-20-24-28-36-44-52-60-68-82(8)10-2)77-103-107(95,96)101-73-83(90)74-102-108(97,98)104-78-85(106-89(94)72-64-56-48-40-32-34-42-50-58-66-80(5)6)76-100-87(92)70-62-54-46-39-31-33-41-49-57-65-79(3)4/h79-85,90H,9-78H2,1-8H3,(H,95,96)(H,97,98)/t81?,82?,83-,84-,85-/m1/s1. The maximum Gasteiger partial charge on any atom is 0.472 e. The predicted octanol–water partition coefficient (Wildman–Crippen LogP) is 27.1. The molecule has 642 valence electrons. The molecule has 0 aliphatic carbocycles. The van der Waals surface area contributed by atoms with Crippen molar-refractivity contribution in [1.82, 2.24) is 0 Å². The number of hydrogen-bond donors (Lipinski definition) is 3. The number of aliphatic hydroxyl groups is 1.